The number of hydrogen-bond acceptors (Lipinski definition) is 5. The van der Waals surface area contributed by atoms with Gasteiger partial charge < -0.3 is 23.8 Å². The summed E-state index contributed by atoms with van der Waals surface area (Å²) in [6.07, 6.45) is 3.28. The lowest BCUT2D eigenvalue weighted by Crippen LogP contribution is -2.50. The first kappa shape index (κ1) is 23.5. The predicted molar refractivity (Wildman–Crippen MR) is 140 cm³/mol. The van der Waals surface area contributed by atoms with Crippen LogP contribution in [0, 0.1) is 19.8 Å². The van der Waals surface area contributed by atoms with Gasteiger partial charge in [0, 0.05) is 44.9 Å². The van der Waals surface area contributed by atoms with Gasteiger partial charge in [-0.25, -0.2) is 4.98 Å². The average Bonchev–Trinajstić information content (AvgIpc) is 3.51. The van der Waals surface area contributed by atoms with E-state index in [-0.39, 0.29) is 5.92 Å². The van der Waals surface area contributed by atoms with E-state index in [1.807, 2.05) is 4.90 Å². The molecule has 0 saturated carbocycles. The molecule has 2 aromatic carbocycles. The molecule has 0 N–H and O–H groups in total. The van der Waals surface area contributed by atoms with Crippen molar-refractivity contribution in [1.29, 1.82) is 0 Å². The number of nitrogens with zero attached hydrogens (tertiary/aromatic N) is 4. The molecule has 6 rings (SSSR count). The topological polar surface area (TPSA) is 59.8 Å². The normalized spacial score (nSPS) is 20.5. The third kappa shape index (κ3) is 4.39. The number of aromatic nitrogens is 2. The van der Waals surface area contributed by atoms with Gasteiger partial charge in [0.1, 0.15) is 0 Å². The molecular weight excluding hydrogens is 452 g/mol. The van der Waals surface area contributed by atoms with Gasteiger partial charge in [0.25, 0.3) is 0 Å². The molecule has 4 heterocycles. The summed E-state index contributed by atoms with van der Waals surface area (Å²) in [5, 5.41) is 0. The zero-order valence-corrected chi connectivity index (χ0v) is 21.4. The molecule has 1 amide bonds. The van der Waals surface area contributed by atoms with E-state index in [0.717, 1.165) is 75.4 Å². The van der Waals surface area contributed by atoms with Crippen molar-refractivity contribution >= 4 is 22.9 Å². The zero-order chi connectivity index (χ0) is 24.7. The molecule has 0 atom stereocenters. The van der Waals surface area contributed by atoms with Crippen LogP contribution in [0.4, 0.5) is 5.95 Å². The molecule has 7 heteroatoms. The van der Waals surface area contributed by atoms with Crippen LogP contribution in [0.25, 0.3) is 11.0 Å². The van der Waals surface area contributed by atoms with Gasteiger partial charge >= 0.3 is 0 Å². The first-order valence-electron chi connectivity index (χ1n) is 13.3. The second-order valence-electron chi connectivity index (χ2n) is 10.6. The Kier molecular flexibility index (Phi) is 6.21. The molecule has 3 aliphatic heterocycles. The Balaban J connectivity index is 1.16. The third-order valence-corrected chi connectivity index (χ3v) is 8.25. The van der Waals surface area contributed by atoms with E-state index in [2.05, 4.69) is 65.8 Å². The fraction of sp³-hybridized carbons (Fsp3) is 0.517. The first-order chi connectivity index (χ1) is 17.5. The number of aryl methyl sites for hydroxylation is 2. The number of ether oxygens (including phenoxy) is 2. The van der Waals surface area contributed by atoms with E-state index in [0.29, 0.717) is 19.1 Å². The van der Waals surface area contributed by atoms with Gasteiger partial charge in [-0.15, -0.1) is 0 Å². The quantitative estimate of drug-likeness (QED) is 0.549. The van der Waals surface area contributed by atoms with E-state index in [4.69, 9.17) is 14.5 Å². The Morgan fingerprint density at radius 2 is 1.72 bits per heavy atom. The van der Waals surface area contributed by atoms with Crippen LogP contribution in [0.15, 0.2) is 42.5 Å². The molecule has 3 aliphatic rings. The highest BCUT2D eigenvalue weighted by molar-refractivity contribution is 5.80. The Labute approximate surface area is 213 Å². The summed E-state index contributed by atoms with van der Waals surface area (Å²) in [6.45, 7) is 9.59. The van der Waals surface area contributed by atoms with Gasteiger partial charge in [0.05, 0.1) is 30.8 Å². The summed E-state index contributed by atoms with van der Waals surface area (Å²) in [5.74, 6) is 0.955. The van der Waals surface area contributed by atoms with Crippen LogP contribution in [0.2, 0.25) is 0 Å². The molecule has 0 unspecified atom stereocenters. The third-order valence-electron chi connectivity index (χ3n) is 8.25. The van der Waals surface area contributed by atoms with Gasteiger partial charge in [-0.05, 0) is 49.9 Å². The van der Waals surface area contributed by atoms with Crippen molar-refractivity contribution in [2.24, 2.45) is 5.92 Å². The van der Waals surface area contributed by atoms with Crippen LogP contribution in [-0.2, 0) is 20.8 Å². The number of hydrogen-bond donors (Lipinski definition) is 0. The number of carbonyl (C=O) groups is 1. The summed E-state index contributed by atoms with van der Waals surface area (Å²) < 4.78 is 14.0. The summed E-state index contributed by atoms with van der Waals surface area (Å²) in [4.78, 5) is 22.8. The molecular formula is C29H36N4O3. The molecule has 3 saturated heterocycles. The monoisotopic (exact) mass is 488 g/mol. The fourth-order valence-electron chi connectivity index (χ4n) is 6.04. The van der Waals surface area contributed by atoms with Gasteiger partial charge in [-0.3, -0.25) is 4.79 Å². The minimum absolute atomic E-state index is 0.0811. The Morgan fingerprint density at radius 1 is 1.00 bits per heavy atom. The smallest absolute Gasteiger partial charge is 0.225 e. The standard InChI is InChI=1S/C29H36N4O3/c1-21-7-8-22(2)24(19-21)20-33-26-6-4-3-5-25(26)30-28(33)32-13-9-23(10-14-32)27(34)31-15-11-29(12-16-31)35-17-18-36-29/h3-8,19,23H,9-18,20H2,1-2H3. The number of anilines is 1. The van der Waals surface area contributed by atoms with Crippen molar-refractivity contribution in [1.82, 2.24) is 14.5 Å². The molecule has 0 radical (unpaired) electrons. The number of likely N-dealkylation sites (tertiary alicyclic amines) is 1. The maximum absolute atomic E-state index is 13.3. The summed E-state index contributed by atoms with van der Waals surface area (Å²) >= 11 is 0. The van der Waals surface area contributed by atoms with E-state index in [1.54, 1.807) is 0 Å². The first-order valence-corrected chi connectivity index (χ1v) is 13.3. The number of amides is 1. The maximum atomic E-state index is 13.3. The highest BCUT2D eigenvalue weighted by atomic mass is 16.7. The molecule has 190 valence electrons. The van der Waals surface area contributed by atoms with Crippen LogP contribution in [0.5, 0.6) is 0 Å². The van der Waals surface area contributed by atoms with Crippen LogP contribution in [0.1, 0.15) is 42.4 Å². The minimum Gasteiger partial charge on any atom is -0.347 e. The fourth-order valence-corrected chi connectivity index (χ4v) is 6.04. The summed E-state index contributed by atoms with van der Waals surface area (Å²) in [6, 6.07) is 15.0. The molecule has 0 aliphatic carbocycles. The van der Waals surface area contributed by atoms with E-state index < -0.39 is 5.79 Å². The number of benzene rings is 2. The largest absolute Gasteiger partial charge is 0.347 e. The Morgan fingerprint density at radius 3 is 2.47 bits per heavy atom. The SMILES string of the molecule is Cc1ccc(C)c(Cn2c(N3CCC(C(=O)N4CCC5(CC4)OCCO5)CC3)nc3ccccc32)c1. The highest BCUT2D eigenvalue weighted by Crippen LogP contribution is 2.33. The number of para-hydroxylation sites is 2. The van der Waals surface area contributed by atoms with Crippen molar-refractivity contribution in [3.05, 3.63) is 59.2 Å². The second-order valence-corrected chi connectivity index (χ2v) is 10.6. The van der Waals surface area contributed by atoms with Crippen molar-refractivity contribution in [2.75, 3.05) is 44.3 Å². The van der Waals surface area contributed by atoms with Crippen LogP contribution < -0.4 is 4.90 Å². The molecule has 3 fully saturated rings. The van der Waals surface area contributed by atoms with E-state index in [9.17, 15) is 4.79 Å². The average molecular weight is 489 g/mol. The van der Waals surface area contributed by atoms with Crippen LogP contribution in [-0.4, -0.2) is 65.5 Å². The summed E-state index contributed by atoms with van der Waals surface area (Å²) in [7, 11) is 0. The predicted octanol–water partition coefficient (Wildman–Crippen LogP) is 4.28. The second kappa shape index (κ2) is 9.52. The van der Waals surface area contributed by atoms with Gasteiger partial charge in [-0.2, -0.15) is 0 Å². The Hall–Kier alpha value is -2.90. The van der Waals surface area contributed by atoms with E-state index in [1.165, 1.54) is 16.7 Å². The lowest BCUT2D eigenvalue weighted by Gasteiger charge is -2.40. The molecule has 36 heavy (non-hydrogen) atoms. The summed E-state index contributed by atoms with van der Waals surface area (Å²) in [5.41, 5.74) is 6.07. The minimum atomic E-state index is -0.436. The number of fused-ring (bicyclic) bond motifs is 1. The zero-order valence-electron chi connectivity index (χ0n) is 21.4. The molecule has 3 aromatic rings. The number of imidazole rings is 1. The maximum Gasteiger partial charge on any atom is 0.225 e. The van der Waals surface area contributed by atoms with Crippen molar-refractivity contribution < 1.29 is 14.3 Å². The van der Waals surface area contributed by atoms with E-state index >= 15 is 0 Å². The highest BCUT2D eigenvalue weighted by Gasteiger charge is 2.42. The van der Waals surface area contributed by atoms with Gasteiger partial charge in [-0.1, -0.05) is 35.9 Å². The Bertz CT molecular complexity index is 1240. The molecule has 1 spiro atoms. The lowest BCUT2D eigenvalue weighted by molar-refractivity contribution is -0.188. The van der Waals surface area contributed by atoms with Gasteiger partial charge in [0.2, 0.25) is 11.9 Å². The number of carbonyl (C=O) groups excluding carboxylic acids is 1. The van der Waals surface area contributed by atoms with Gasteiger partial charge in [0.15, 0.2) is 5.79 Å². The molecule has 1 aromatic heterocycles. The van der Waals surface area contributed by atoms with Crippen LogP contribution >= 0.6 is 0 Å². The molecule has 7 nitrogen and oxygen atoms in total. The van der Waals surface area contributed by atoms with Crippen LogP contribution in [0.3, 0.4) is 0 Å². The number of rotatable bonds is 4. The lowest BCUT2D eigenvalue weighted by atomic mass is 9.93. The van der Waals surface area contributed by atoms with Crippen molar-refractivity contribution in [3.8, 4) is 0 Å². The van der Waals surface area contributed by atoms with Crippen molar-refractivity contribution in [2.45, 2.75) is 51.9 Å². The number of piperidine rings is 2. The van der Waals surface area contributed by atoms with Crippen molar-refractivity contribution in [3.63, 3.8) is 0 Å². The molecule has 0 bridgehead atoms.